The predicted molar refractivity (Wildman–Crippen MR) is 216 cm³/mol. The number of fused-ring (bicyclic) bond motifs is 6. The van der Waals surface area contributed by atoms with Crippen molar-refractivity contribution < 1.29 is 0 Å². The van der Waals surface area contributed by atoms with Crippen molar-refractivity contribution in [3.8, 4) is 33.9 Å². The largest absolute Gasteiger partial charge is 0.208 e. The molecule has 3 nitrogen and oxygen atoms in total. The van der Waals surface area contributed by atoms with Crippen LogP contribution in [0.15, 0.2) is 194 Å². The van der Waals surface area contributed by atoms with Crippen molar-refractivity contribution in [3.05, 3.63) is 217 Å². The zero-order valence-electron chi connectivity index (χ0n) is 28.9. The summed E-state index contributed by atoms with van der Waals surface area (Å²) in [5.41, 5.74) is 9.73. The van der Waals surface area contributed by atoms with Gasteiger partial charge in [-0.15, -0.1) is 0 Å². The van der Waals surface area contributed by atoms with Gasteiger partial charge in [0, 0.05) is 16.7 Å². The summed E-state index contributed by atoms with van der Waals surface area (Å²) in [7, 11) is 0. The monoisotopic (exact) mass is 665 g/mol. The molecule has 0 unspecified atom stereocenters. The van der Waals surface area contributed by atoms with E-state index in [1.165, 1.54) is 49.5 Å². The van der Waals surface area contributed by atoms with E-state index in [4.69, 9.17) is 15.0 Å². The molecule has 9 rings (SSSR count). The SMILES string of the molecule is C=C/C(=C\C=C(/C)C1(c2ccccc2)c2ccccc2-c2ccccc21)c1nc(-c2ccccc2)nc(-c2cccc3c2ccc2ccccc23)n1. The van der Waals surface area contributed by atoms with Crippen molar-refractivity contribution in [2.24, 2.45) is 0 Å². The number of aromatic nitrogens is 3. The highest BCUT2D eigenvalue weighted by Gasteiger charge is 2.45. The van der Waals surface area contributed by atoms with Crippen molar-refractivity contribution in [2.45, 2.75) is 12.3 Å². The zero-order chi connectivity index (χ0) is 35.1. The molecule has 52 heavy (non-hydrogen) atoms. The third kappa shape index (κ3) is 5.01. The summed E-state index contributed by atoms with van der Waals surface area (Å²) in [6, 6.07) is 57.7. The lowest BCUT2D eigenvalue weighted by Crippen LogP contribution is -2.28. The third-order valence-corrected chi connectivity index (χ3v) is 10.4. The minimum absolute atomic E-state index is 0.470. The van der Waals surface area contributed by atoms with Crippen molar-refractivity contribution in [1.82, 2.24) is 15.0 Å². The van der Waals surface area contributed by atoms with E-state index in [0.717, 1.165) is 22.1 Å². The first-order valence-electron chi connectivity index (χ1n) is 17.7. The summed E-state index contributed by atoms with van der Waals surface area (Å²) < 4.78 is 0. The number of benzene rings is 7. The van der Waals surface area contributed by atoms with Crippen molar-refractivity contribution >= 4 is 27.1 Å². The van der Waals surface area contributed by atoms with Crippen LogP contribution in [0.4, 0.5) is 0 Å². The average molecular weight is 666 g/mol. The van der Waals surface area contributed by atoms with Gasteiger partial charge in [-0.05, 0) is 56.3 Å². The minimum atomic E-state index is -0.470. The summed E-state index contributed by atoms with van der Waals surface area (Å²) in [6.45, 7) is 6.49. The van der Waals surface area contributed by atoms with E-state index in [1.54, 1.807) is 0 Å². The van der Waals surface area contributed by atoms with Crippen LogP contribution in [0.5, 0.6) is 0 Å². The van der Waals surface area contributed by atoms with Crippen LogP contribution in [0, 0.1) is 0 Å². The molecule has 3 heteroatoms. The van der Waals surface area contributed by atoms with Gasteiger partial charge in [-0.2, -0.15) is 0 Å². The smallest absolute Gasteiger partial charge is 0.164 e. The topological polar surface area (TPSA) is 38.7 Å². The maximum absolute atomic E-state index is 5.16. The number of rotatable bonds is 7. The van der Waals surface area contributed by atoms with Crippen LogP contribution < -0.4 is 0 Å². The third-order valence-electron chi connectivity index (χ3n) is 10.4. The van der Waals surface area contributed by atoms with Crippen LogP contribution in [0.1, 0.15) is 29.4 Å². The summed E-state index contributed by atoms with van der Waals surface area (Å²) in [4.78, 5) is 15.3. The molecular weight excluding hydrogens is 631 g/mol. The van der Waals surface area contributed by atoms with Gasteiger partial charge >= 0.3 is 0 Å². The highest BCUT2D eigenvalue weighted by atomic mass is 15.0. The summed E-state index contributed by atoms with van der Waals surface area (Å²) in [6.07, 6.45) is 6.18. The Labute approximate surface area is 304 Å². The molecule has 1 aliphatic carbocycles. The van der Waals surface area contributed by atoms with E-state index >= 15 is 0 Å². The van der Waals surface area contributed by atoms with E-state index in [1.807, 2.05) is 36.4 Å². The molecular formula is C49H35N3. The predicted octanol–water partition coefficient (Wildman–Crippen LogP) is 12.0. The lowest BCUT2D eigenvalue weighted by atomic mass is 9.67. The second-order valence-electron chi connectivity index (χ2n) is 13.2. The zero-order valence-corrected chi connectivity index (χ0v) is 28.9. The van der Waals surface area contributed by atoms with Crippen LogP contribution in [0.25, 0.3) is 61.0 Å². The summed E-state index contributed by atoms with van der Waals surface area (Å²) in [5, 5.41) is 4.67. The Balaban J connectivity index is 1.24. The molecule has 1 aliphatic rings. The first kappa shape index (κ1) is 31.3. The molecule has 0 radical (unpaired) electrons. The molecule has 246 valence electrons. The number of hydrogen-bond donors (Lipinski definition) is 0. The van der Waals surface area contributed by atoms with Gasteiger partial charge in [0.15, 0.2) is 17.5 Å². The van der Waals surface area contributed by atoms with Gasteiger partial charge in [0.25, 0.3) is 0 Å². The maximum atomic E-state index is 5.16. The molecule has 1 aromatic heterocycles. The normalized spacial score (nSPS) is 13.6. The maximum Gasteiger partial charge on any atom is 0.164 e. The molecule has 0 saturated carbocycles. The van der Waals surface area contributed by atoms with Crippen LogP contribution in [-0.4, -0.2) is 15.0 Å². The van der Waals surface area contributed by atoms with Gasteiger partial charge in [-0.25, -0.2) is 15.0 Å². The molecule has 0 atom stereocenters. The van der Waals surface area contributed by atoms with E-state index in [2.05, 4.69) is 159 Å². The van der Waals surface area contributed by atoms with Crippen molar-refractivity contribution in [3.63, 3.8) is 0 Å². The lowest BCUT2D eigenvalue weighted by Gasteiger charge is -2.34. The number of allylic oxidation sites excluding steroid dienone is 5. The van der Waals surface area contributed by atoms with E-state index in [9.17, 15) is 0 Å². The Hall–Kier alpha value is -6.71. The molecule has 0 fully saturated rings. The molecule has 0 N–H and O–H groups in total. The minimum Gasteiger partial charge on any atom is -0.208 e. The van der Waals surface area contributed by atoms with Crippen LogP contribution >= 0.6 is 0 Å². The Morgan fingerprint density at radius 2 is 1.10 bits per heavy atom. The first-order valence-corrected chi connectivity index (χ1v) is 17.7. The summed E-state index contributed by atoms with van der Waals surface area (Å²) in [5.74, 6) is 1.81. The number of nitrogens with zero attached hydrogens (tertiary/aromatic N) is 3. The average Bonchev–Trinajstić information content (AvgIpc) is 3.52. The Morgan fingerprint density at radius 1 is 0.500 bits per heavy atom. The molecule has 7 aromatic carbocycles. The Morgan fingerprint density at radius 3 is 1.83 bits per heavy atom. The van der Waals surface area contributed by atoms with Crippen molar-refractivity contribution in [2.75, 3.05) is 0 Å². The van der Waals surface area contributed by atoms with Gasteiger partial charge in [0.1, 0.15) is 0 Å². The fourth-order valence-corrected chi connectivity index (χ4v) is 8.04. The molecule has 0 bridgehead atoms. The van der Waals surface area contributed by atoms with Crippen LogP contribution in [0.2, 0.25) is 0 Å². The quantitative estimate of drug-likeness (QED) is 0.126. The van der Waals surface area contributed by atoms with Gasteiger partial charge in [-0.1, -0.05) is 194 Å². The van der Waals surface area contributed by atoms with Gasteiger partial charge in [0.2, 0.25) is 0 Å². The van der Waals surface area contributed by atoms with Crippen LogP contribution in [0.3, 0.4) is 0 Å². The Kier molecular flexibility index (Phi) is 7.75. The van der Waals surface area contributed by atoms with Gasteiger partial charge in [-0.3, -0.25) is 0 Å². The molecule has 1 heterocycles. The first-order chi connectivity index (χ1) is 25.7. The molecule has 8 aromatic rings. The second-order valence-corrected chi connectivity index (χ2v) is 13.2. The molecule has 0 amide bonds. The van der Waals surface area contributed by atoms with E-state index in [0.29, 0.717) is 17.5 Å². The fraction of sp³-hybridized carbons (Fsp3) is 0.0408. The fourth-order valence-electron chi connectivity index (χ4n) is 8.04. The lowest BCUT2D eigenvalue weighted by molar-refractivity contribution is 0.746. The Bertz CT molecular complexity index is 2660. The highest BCUT2D eigenvalue weighted by Crippen LogP contribution is 2.56. The van der Waals surface area contributed by atoms with Crippen LogP contribution in [-0.2, 0) is 5.41 Å². The van der Waals surface area contributed by atoms with E-state index in [-0.39, 0.29) is 0 Å². The van der Waals surface area contributed by atoms with Gasteiger partial charge in [0.05, 0.1) is 5.41 Å². The van der Waals surface area contributed by atoms with Crippen molar-refractivity contribution in [1.29, 1.82) is 0 Å². The number of hydrogen-bond acceptors (Lipinski definition) is 3. The molecule has 0 saturated heterocycles. The standard InChI is InChI=1S/C49H35N3/c1-3-34(30-29-33(2)49(37-20-8-5-9-21-37)44-27-14-12-23-41(44)42-24-13-15-28-45(42)49)46-50-47(36-18-6-4-7-19-36)52-48(51-46)43-26-16-25-39-38-22-11-10-17-35(38)31-32-40(39)43/h3-32H,1H2,2H3/b33-29+,34-30+. The summed E-state index contributed by atoms with van der Waals surface area (Å²) >= 11 is 0. The second kappa shape index (κ2) is 12.9. The highest BCUT2D eigenvalue weighted by molar-refractivity contribution is 6.11. The van der Waals surface area contributed by atoms with Gasteiger partial charge < -0.3 is 0 Å². The molecule has 0 spiro atoms. The molecule has 0 aliphatic heterocycles. The van der Waals surface area contributed by atoms with E-state index < -0.39 is 5.41 Å².